The van der Waals surface area contributed by atoms with Crippen molar-refractivity contribution in [1.82, 2.24) is 4.98 Å². The monoisotopic (exact) mass is 430 g/mol. The van der Waals surface area contributed by atoms with E-state index in [4.69, 9.17) is 28.2 Å². The minimum Gasteiger partial charge on any atom is -0.340 e. The average molecular weight is 431 g/mol. The van der Waals surface area contributed by atoms with E-state index in [9.17, 15) is 4.79 Å². The molecule has 0 spiro atoms. The van der Waals surface area contributed by atoms with Gasteiger partial charge in [-0.1, -0.05) is 26.9 Å². The summed E-state index contributed by atoms with van der Waals surface area (Å²) in [6.07, 6.45) is 2.57. The van der Waals surface area contributed by atoms with Gasteiger partial charge >= 0.3 is 0 Å². The Morgan fingerprint density at radius 2 is 1.77 bits per heavy atom. The number of carbonyl (C=O) groups is 1. The van der Waals surface area contributed by atoms with Gasteiger partial charge in [-0.25, -0.2) is 4.98 Å². The highest BCUT2D eigenvalue weighted by atomic mass is 35.5. The minimum atomic E-state index is -0.717. The van der Waals surface area contributed by atoms with Gasteiger partial charge in [0.2, 0.25) is 5.91 Å². The first kappa shape index (κ1) is 21.4. The van der Waals surface area contributed by atoms with Crippen molar-refractivity contribution in [2.45, 2.75) is 37.8 Å². The van der Waals surface area contributed by atoms with Crippen molar-refractivity contribution < 1.29 is 4.79 Å². The molecular weight excluding hydrogens is 412 g/mol. The van der Waals surface area contributed by atoms with E-state index in [0.717, 1.165) is 0 Å². The van der Waals surface area contributed by atoms with Crippen LogP contribution in [0.1, 0.15) is 25.7 Å². The average Bonchev–Trinajstić information content (AvgIpc) is 2.76. The number of halogens is 1. The van der Waals surface area contributed by atoms with Crippen LogP contribution in [0.25, 0.3) is 31.3 Å². The van der Waals surface area contributed by atoms with E-state index in [1.54, 1.807) is 12.1 Å². The lowest BCUT2D eigenvalue weighted by Crippen LogP contribution is -2.56. The first-order valence-corrected chi connectivity index (χ1v) is 9.70. The molecule has 0 aromatic carbocycles. The molecule has 1 saturated carbocycles. The maximum absolute atomic E-state index is 12.7. The molecule has 1 aromatic heterocycles. The van der Waals surface area contributed by atoms with Crippen LogP contribution in [0.4, 0.5) is 11.5 Å². The summed E-state index contributed by atoms with van der Waals surface area (Å²) in [6, 6.07) is 2.49. The van der Waals surface area contributed by atoms with Gasteiger partial charge in [-0.3, -0.25) is 4.79 Å². The van der Waals surface area contributed by atoms with Crippen LogP contribution in [-0.4, -0.2) is 42.6 Å². The van der Waals surface area contributed by atoms with Crippen LogP contribution in [0, 0.1) is 5.41 Å². The van der Waals surface area contributed by atoms with Gasteiger partial charge in [0.25, 0.3) is 0 Å². The van der Waals surface area contributed by atoms with Crippen molar-refractivity contribution in [3.63, 3.8) is 0 Å². The molecule has 0 unspecified atom stereocenters. The number of azide groups is 3. The highest BCUT2D eigenvalue weighted by molar-refractivity contribution is 6.29. The number of fused-ring (bicyclic) bond motifs is 1. The summed E-state index contributed by atoms with van der Waals surface area (Å²) >= 11 is 6.10. The number of nitrogens with zero attached hydrogens (tertiary/aromatic N) is 11. The Kier molecular flexibility index (Phi) is 6.71. The molecule has 1 N–H and O–H groups in total. The molecule has 2 aliphatic rings. The first-order valence-electron chi connectivity index (χ1n) is 9.32. The van der Waals surface area contributed by atoms with E-state index in [1.807, 2.05) is 4.90 Å². The second kappa shape index (κ2) is 9.43. The fourth-order valence-corrected chi connectivity index (χ4v) is 4.29. The highest BCUT2D eigenvalue weighted by Crippen LogP contribution is 2.43. The van der Waals surface area contributed by atoms with Crippen molar-refractivity contribution in [3.05, 3.63) is 48.6 Å². The quantitative estimate of drug-likeness (QED) is 0.283. The number of pyridine rings is 1. The molecule has 14 heteroatoms. The maximum atomic E-state index is 12.7. The predicted octanol–water partition coefficient (Wildman–Crippen LogP) is 4.72. The summed E-state index contributed by atoms with van der Waals surface area (Å²) in [5.74, 6) is 0.252. The van der Waals surface area contributed by atoms with Crippen LogP contribution in [0.3, 0.4) is 0 Å². The molecule has 13 nitrogen and oxygen atoms in total. The van der Waals surface area contributed by atoms with Crippen molar-refractivity contribution in [1.29, 1.82) is 0 Å². The molecule has 0 bridgehead atoms. The van der Waals surface area contributed by atoms with Gasteiger partial charge in [-0.2, -0.15) is 0 Å². The number of amides is 1. The molecule has 3 rings (SSSR count). The van der Waals surface area contributed by atoms with E-state index in [2.05, 4.69) is 40.4 Å². The molecular formula is C16H19ClN12O. The third kappa shape index (κ3) is 4.45. The van der Waals surface area contributed by atoms with E-state index < -0.39 is 11.5 Å². The van der Waals surface area contributed by atoms with Gasteiger partial charge < -0.3 is 10.2 Å². The third-order valence-electron chi connectivity index (χ3n) is 5.65. The molecule has 1 fully saturated rings. The fraction of sp³-hybridized carbons (Fsp3) is 0.625. The minimum absolute atomic E-state index is 0.0466. The van der Waals surface area contributed by atoms with E-state index in [0.29, 0.717) is 37.2 Å². The van der Waals surface area contributed by atoms with Crippen LogP contribution in [0.15, 0.2) is 27.5 Å². The Bertz CT molecular complexity index is 933. The highest BCUT2D eigenvalue weighted by Gasteiger charge is 2.42. The normalized spacial score (nSPS) is 25.1. The molecule has 1 aliphatic heterocycles. The Morgan fingerprint density at radius 1 is 1.13 bits per heavy atom. The Hall–Kier alpha value is -3.36. The third-order valence-corrected chi connectivity index (χ3v) is 5.86. The zero-order valence-corrected chi connectivity index (χ0v) is 16.7. The Morgan fingerprint density at radius 3 is 2.37 bits per heavy atom. The summed E-state index contributed by atoms with van der Waals surface area (Å²) in [6.45, 7) is 0.423. The summed E-state index contributed by atoms with van der Waals surface area (Å²) in [7, 11) is 0. The molecule has 30 heavy (non-hydrogen) atoms. The molecule has 0 saturated heterocycles. The number of hydrogen-bond acceptors (Lipinski definition) is 6. The number of nitrogens with one attached hydrogen (secondary N) is 1. The summed E-state index contributed by atoms with van der Waals surface area (Å²) in [4.78, 5) is 27.5. The fourth-order valence-electron chi connectivity index (χ4n) is 4.14. The Balaban J connectivity index is 1.91. The van der Waals surface area contributed by atoms with E-state index in [-0.39, 0.29) is 36.7 Å². The van der Waals surface area contributed by atoms with Gasteiger partial charge in [0.15, 0.2) is 5.82 Å². The van der Waals surface area contributed by atoms with Gasteiger partial charge in [0.1, 0.15) is 11.2 Å². The lowest BCUT2D eigenvalue weighted by molar-refractivity contribution is -0.117. The van der Waals surface area contributed by atoms with Crippen LogP contribution >= 0.6 is 11.6 Å². The first-order chi connectivity index (χ1) is 14.5. The molecule has 2 heterocycles. The van der Waals surface area contributed by atoms with Gasteiger partial charge in [-0.15, -0.1) is 0 Å². The number of carbonyl (C=O) groups excluding carboxylic acids is 1. The van der Waals surface area contributed by atoms with E-state index in [1.165, 1.54) is 0 Å². The number of rotatable bonds is 7. The molecule has 1 atom stereocenters. The standard InChI is InChI=1S/C16H19ClN12O/c17-13-2-1-11-14(25-13)29(12(7-21-26-18)15(30)24-11)10-3-5-16(6-4-10,8-22-27-19)9-23-28-20/h1-2,10,12H,3-9H2,(H,24,30)/t12-/m1/s1. The maximum Gasteiger partial charge on any atom is 0.247 e. The SMILES string of the molecule is [N-]=[N+]=NC[C@@H]1C(=O)Nc2ccc(Cl)nc2N1C1CCC(CN=[N+]=[N-])(CN=[N+]=[N-])CC1. The summed E-state index contributed by atoms with van der Waals surface area (Å²) in [5.41, 5.74) is 26.3. The Labute approximate surface area is 176 Å². The molecule has 0 radical (unpaired) electrons. The topological polar surface area (TPSA) is 192 Å². The van der Waals surface area contributed by atoms with Crippen LogP contribution < -0.4 is 10.2 Å². The van der Waals surface area contributed by atoms with Gasteiger partial charge in [-0.05, 0) is 59.8 Å². The predicted molar refractivity (Wildman–Crippen MR) is 111 cm³/mol. The van der Waals surface area contributed by atoms with Crippen molar-refractivity contribution in [2.75, 3.05) is 29.9 Å². The van der Waals surface area contributed by atoms with Crippen LogP contribution in [-0.2, 0) is 4.79 Å². The summed E-state index contributed by atoms with van der Waals surface area (Å²) in [5, 5.41) is 14.1. The zero-order valence-electron chi connectivity index (χ0n) is 16.0. The van der Waals surface area contributed by atoms with Crippen molar-refractivity contribution in [3.8, 4) is 0 Å². The van der Waals surface area contributed by atoms with Crippen LogP contribution in [0.2, 0.25) is 5.15 Å². The molecule has 1 aromatic rings. The molecule has 1 amide bonds. The van der Waals surface area contributed by atoms with Gasteiger partial charge in [0, 0.05) is 33.9 Å². The van der Waals surface area contributed by atoms with E-state index >= 15 is 0 Å². The van der Waals surface area contributed by atoms with Crippen molar-refractivity contribution >= 4 is 29.0 Å². The second-order valence-corrected chi connectivity index (χ2v) is 7.73. The van der Waals surface area contributed by atoms with Gasteiger partial charge in [0.05, 0.1) is 12.2 Å². The zero-order chi connectivity index (χ0) is 21.6. The second-order valence-electron chi connectivity index (χ2n) is 7.34. The largest absolute Gasteiger partial charge is 0.340 e. The molecule has 1 aliphatic carbocycles. The number of anilines is 2. The number of aromatic nitrogens is 1. The van der Waals surface area contributed by atoms with Crippen molar-refractivity contribution in [2.24, 2.45) is 20.8 Å². The molecule has 156 valence electrons. The smallest absolute Gasteiger partial charge is 0.247 e. The number of hydrogen-bond donors (Lipinski definition) is 1. The van der Waals surface area contributed by atoms with Crippen LogP contribution in [0.5, 0.6) is 0 Å². The lowest BCUT2D eigenvalue weighted by atomic mass is 9.72. The summed E-state index contributed by atoms with van der Waals surface area (Å²) < 4.78 is 0. The lowest BCUT2D eigenvalue weighted by Gasteiger charge is -2.47.